The van der Waals surface area contributed by atoms with Crippen LogP contribution in [0.25, 0.3) is 0 Å². The number of carbonyl (C=O) groups is 2. The molecule has 0 spiro atoms. The molecule has 1 fully saturated rings. The Morgan fingerprint density at radius 1 is 1.73 bits per heavy atom. The van der Waals surface area contributed by atoms with Crippen LogP contribution in [0.5, 0.6) is 0 Å². The Bertz CT molecular complexity index is 189. The van der Waals surface area contributed by atoms with Gasteiger partial charge < -0.3 is 4.90 Å². The first-order valence-corrected chi connectivity index (χ1v) is 3.95. The van der Waals surface area contributed by atoms with Crippen LogP contribution in [0.15, 0.2) is 0 Å². The number of hydrogen-bond donors (Lipinski definition) is 0. The number of carbonyl (C=O) groups excluding carboxylic acids is 2. The summed E-state index contributed by atoms with van der Waals surface area (Å²) >= 11 is 0. The second kappa shape index (κ2) is 3.03. The van der Waals surface area contributed by atoms with Crippen molar-refractivity contribution < 1.29 is 9.59 Å². The van der Waals surface area contributed by atoms with Gasteiger partial charge in [-0.15, -0.1) is 0 Å². The van der Waals surface area contributed by atoms with E-state index in [1.165, 1.54) is 0 Å². The van der Waals surface area contributed by atoms with E-state index < -0.39 is 0 Å². The van der Waals surface area contributed by atoms with E-state index in [1.807, 2.05) is 6.92 Å². The third-order valence-electron chi connectivity index (χ3n) is 2.21. The molecular formula is C8H13NO2. The number of likely N-dealkylation sites (N-methyl/N-ethyl adjacent to an activating group) is 1. The molecule has 0 bridgehead atoms. The smallest absolute Gasteiger partial charge is 0.223 e. The van der Waals surface area contributed by atoms with Crippen molar-refractivity contribution in [2.45, 2.75) is 32.2 Å². The summed E-state index contributed by atoms with van der Waals surface area (Å²) < 4.78 is 0. The predicted molar refractivity (Wildman–Crippen MR) is 41.1 cm³/mol. The minimum Gasteiger partial charge on any atom is -0.336 e. The van der Waals surface area contributed by atoms with Crippen LogP contribution in [0, 0.1) is 0 Å². The molecule has 0 saturated carbocycles. The Morgan fingerprint density at radius 3 is 2.73 bits per heavy atom. The molecule has 1 aliphatic heterocycles. The van der Waals surface area contributed by atoms with Crippen LogP contribution < -0.4 is 0 Å². The highest BCUT2D eigenvalue weighted by atomic mass is 16.2. The highest BCUT2D eigenvalue weighted by Gasteiger charge is 2.31. The van der Waals surface area contributed by atoms with Gasteiger partial charge >= 0.3 is 0 Å². The SMILES string of the molecule is CCC(=O)[C@H]1CCC(=O)N1C. The fourth-order valence-corrected chi connectivity index (χ4v) is 1.42. The summed E-state index contributed by atoms with van der Waals surface area (Å²) in [6, 6.07) is -0.132. The van der Waals surface area contributed by atoms with E-state index in [2.05, 4.69) is 0 Å². The molecule has 11 heavy (non-hydrogen) atoms. The molecule has 3 heteroatoms. The monoisotopic (exact) mass is 155 g/mol. The lowest BCUT2D eigenvalue weighted by molar-refractivity contribution is -0.132. The Hall–Kier alpha value is -0.860. The fourth-order valence-electron chi connectivity index (χ4n) is 1.42. The van der Waals surface area contributed by atoms with Crippen molar-refractivity contribution in [1.29, 1.82) is 0 Å². The Balaban J connectivity index is 2.61. The molecular weight excluding hydrogens is 142 g/mol. The van der Waals surface area contributed by atoms with Gasteiger partial charge in [0.05, 0.1) is 6.04 Å². The van der Waals surface area contributed by atoms with Gasteiger partial charge in [0.25, 0.3) is 0 Å². The number of likely N-dealkylation sites (tertiary alicyclic amines) is 1. The van der Waals surface area contributed by atoms with E-state index in [0.29, 0.717) is 19.3 Å². The van der Waals surface area contributed by atoms with Gasteiger partial charge in [0.2, 0.25) is 5.91 Å². The molecule has 0 N–H and O–H groups in total. The minimum absolute atomic E-state index is 0.0943. The van der Waals surface area contributed by atoms with Crippen LogP contribution in [0.2, 0.25) is 0 Å². The summed E-state index contributed by atoms with van der Waals surface area (Å²) in [6.45, 7) is 1.83. The van der Waals surface area contributed by atoms with Crippen molar-refractivity contribution >= 4 is 11.7 Å². The number of amides is 1. The molecule has 1 atom stereocenters. The number of rotatable bonds is 2. The highest BCUT2D eigenvalue weighted by molar-refractivity contribution is 5.91. The van der Waals surface area contributed by atoms with Crippen LogP contribution in [0.1, 0.15) is 26.2 Å². The molecule has 0 aromatic rings. The van der Waals surface area contributed by atoms with Crippen LogP contribution in [0.3, 0.4) is 0 Å². The lowest BCUT2D eigenvalue weighted by atomic mass is 10.1. The number of nitrogens with zero attached hydrogens (tertiary/aromatic N) is 1. The normalized spacial score (nSPS) is 24.4. The van der Waals surface area contributed by atoms with E-state index in [0.717, 1.165) is 0 Å². The van der Waals surface area contributed by atoms with Crippen molar-refractivity contribution in [2.24, 2.45) is 0 Å². The Morgan fingerprint density at radius 2 is 2.36 bits per heavy atom. The van der Waals surface area contributed by atoms with Crippen LogP contribution >= 0.6 is 0 Å². The average Bonchev–Trinajstić information content (AvgIpc) is 2.32. The van der Waals surface area contributed by atoms with Gasteiger partial charge in [0, 0.05) is 19.9 Å². The van der Waals surface area contributed by atoms with Crippen molar-refractivity contribution in [3.05, 3.63) is 0 Å². The first-order valence-electron chi connectivity index (χ1n) is 3.95. The van der Waals surface area contributed by atoms with Gasteiger partial charge in [-0.1, -0.05) is 6.92 Å². The van der Waals surface area contributed by atoms with Gasteiger partial charge in [-0.05, 0) is 6.42 Å². The number of ketones is 1. The zero-order valence-corrected chi connectivity index (χ0v) is 6.96. The van der Waals surface area contributed by atoms with Gasteiger partial charge in [-0.25, -0.2) is 0 Å². The molecule has 1 rings (SSSR count). The zero-order chi connectivity index (χ0) is 8.43. The average molecular weight is 155 g/mol. The van der Waals surface area contributed by atoms with E-state index in [1.54, 1.807) is 11.9 Å². The summed E-state index contributed by atoms with van der Waals surface area (Å²) in [4.78, 5) is 23.7. The van der Waals surface area contributed by atoms with E-state index >= 15 is 0 Å². The van der Waals surface area contributed by atoms with Gasteiger partial charge in [-0.2, -0.15) is 0 Å². The lowest BCUT2D eigenvalue weighted by Gasteiger charge is -2.17. The molecule has 3 nitrogen and oxygen atoms in total. The van der Waals surface area contributed by atoms with Crippen molar-refractivity contribution in [3.8, 4) is 0 Å². The van der Waals surface area contributed by atoms with Crippen molar-refractivity contribution in [3.63, 3.8) is 0 Å². The summed E-state index contributed by atoms with van der Waals surface area (Å²) in [5, 5.41) is 0. The lowest BCUT2D eigenvalue weighted by Crippen LogP contribution is -2.34. The second-order valence-electron chi connectivity index (χ2n) is 2.88. The zero-order valence-electron chi connectivity index (χ0n) is 6.96. The topological polar surface area (TPSA) is 37.4 Å². The van der Waals surface area contributed by atoms with Crippen molar-refractivity contribution in [1.82, 2.24) is 4.90 Å². The second-order valence-corrected chi connectivity index (χ2v) is 2.88. The molecule has 1 amide bonds. The fraction of sp³-hybridized carbons (Fsp3) is 0.750. The molecule has 1 saturated heterocycles. The van der Waals surface area contributed by atoms with Crippen LogP contribution in [0.4, 0.5) is 0 Å². The van der Waals surface area contributed by atoms with E-state index in [9.17, 15) is 9.59 Å². The molecule has 0 radical (unpaired) electrons. The number of Topliss-reactive ketones (excluding diaryl/α,β-unsaturated/α-hetero) is 1. The Labute approximate surface area is 66.4 Å². The largest absolute Gasteiger partial charge is 0.336 e. The maximum Gasteiger partial charge on any atom is 0.223 e. The third kappa shape index (κ3) is 1.42. The molecule has 0 unspecified atom stereocenters. The first kappa shape index (κ1) is 8.24. The first-order chi connectivity index (χ1) is 5.16. The molecule has 0 aromatic heterocycles. The quantitative estimate of drug-likeness (QED) is 0.585. The van der Waals surface area contributed by atoms with Gasteiger partial charge in [-0.3, -0.25) is 9.59 Å². The molecule has 0 aromatic carbocycles. The summed E-state index contributed by atoms with van der Waals surface area (Å²) in [6.07, 6.45) is 1.77. The molecule has 1 aliphatic rings. The van der Waals surface area contributed by atoms with Crippen LogP contribution in [-0.2, 0) is 9.59 Å². The molecule has 62 valence electrons. The van der Waals surface area contributed by atoms with Crippen LogP contribution in [-0.4, -0.2) is 29.7 Å². The van der Waals surface area contributed by atoms with Gasteiger partial charge in [0.15, 0.2) is 5.78 Å². The third-order valence-corrected chi connectivity index (χ3v) is 2.21. The maximum atomic E-state index is 11.2. The maximum absolute atomic E-state index is 11.2. The van der Waals surface area contributed by atoms with E-state index in [4.69, 9.17) is 0 Å². The summed E-state index contributed by atoms with van der Waals surface area (Å²) in [5.74, 6) is 0.273. The molecule has 1 heterocycles. The predicted octanol–water partition coefficient (Wildman–Crippen LogP) is 0.586. The Kier molecular flexibility index (Phi) is 2.27. The van der Waals surface area contributed by atoms with Crippen molar-refractivity contribution in [2.75, 3.05) is 7.05 Å². The highest BCUT2D eigenvalue weighted by Crippen LogP contribution is 2.17. The minimum atomic E-state index is -0.132. The molecule has 0 aliphatic carbocycles. The number of hydrogen-bond acceptors (Lipinski definition) is 2. The van der Waals surface area contributed by atoms with Gasteiger partial charge in [0.1, 0.15) is 0 Å². The summed E-state index contributed by atoms with van der Waals surface area (Å²) in [5.41, 5.74) is 0. The van der Waals surface area contributed by atoms with E-state index in [-0.39, 0.29) is 17.7 Å². The summed E-state index contributed by atoms with van der Waals surface area (Å²) in [7, 11) is 1.70. The standard InChI is InChI=1S/C8H13NO2/c1-3-7(10)6-4-5-8(11)9(6)2/h6H,3-5H2,1-2H3/t6-/m1/s1.